The van der Waals surface area contributed by atoms with Crippen molar-refractivity contribution < 1.29 is 9.59 Å². The van der Waals surface area contributed by atoms with Gasteiger partial charge in [-0.1, -0.05) is 18.2 Å². The van der Waals surface area contributed by atoms with Crippen LogP contribution in [0.25, 0.3) is 16.9 Å². The molecule has 4 rings (SSSR count). The molecular formula is C22H19N5O2. The van der Waals surface area contributed by atoms with Crippen molar-refractivity contribution >= 4 is 34.7 Å². The number of benzene rings is 2. The summed E-state index contributed by atoms with van der Waals surface area (Å²) in [6.45, 7) is 3.01. The highest BCUT2D eigenvalue weighted by molar-refractivity contribution is 5.94. The van der Waals surface area contributed by atoms with Gasteiger partial charge in [0.2, 0.25) is 11.9 Å². The number of anilines is 3. The molecule has 7 heteroatoms. The van der Waals surface area contributed by atoms with Crippen LogP contribution in [0, 0.1) is 0 Å². The quantitative estimate of drug-likeness (QED) is 0.500. The number of nitrogens with zero attached hydrogens (tertiary/aromatic N) is 3. The van der Waals surface area contributed by atoms with Crippen LogP contribution < -0.4 is 10.6 Å². The molecular weight excluding hydrogens is 366 g/mol. The molecule has 0 bridgehead atoms. The Kier molecular flexibility index (Phi) is 4.78. The summed E-state index contributed by atoms with van der Waals surface area (Å²) in [7, 11) is 0. The van der Waals surface area contributed by atoms with Crippen molar-refractivity contribution in [1.29, 1.82) is 0 Å². The number of amides is 1. The van der Waals surface area contributed by atoms with Crippen molar-refractivity contribution in [3.05, 3.63) is 72.3 Å². The van der Waals surface area contributed by atoms with Gasteiger partial charge in [0.05, 0.1) is 5.69 Å². The monoisotopic (exact) mass is 385 g/mol. The molecule has 0 saturated carbocycles. The predicted octanol–water partition coefficient (Wildman–Crippen LogP) is 4.30. The lowest BCUT2D eigenvalue weighted by Crippen LogP contribution is -2.05. The summed E-state index contributed by atoms with van der Waals surface area (Å²) in [6.07, 6.45) is 0. The van der Waals surface area contributed by atoms with E-state index in [9.17, 15) is 9.59 Å². The first-order chi connectivity index (χ1) is 14.0. The van der Waals surface area contributed by atoms with Crippen LogP contribution >= 0.6 is 0 Å². The smallest absolute Gasteiger partial charge is 0.247 e. The Morgan fingerprint density at radius 2 is 1.66 bits per heavy atom. The molecule has 0 aliphatic carbocycles. The first kappa shape index (κ1) is 18.4. The van der Waals surface area contributed by atoms with Gasteiger partial charge in [0.15, 0.2) is 11.4 Å². The van der Waals surface area contributed by atoms with E-state index >= 15 is 0 Å². The standard InChI is InChI=1S/C22H19N5O2/c1-14(28)16-9-11-18(12-10-16)24-22-25-21-8-4-7-20(27(21)26-22)17-5-3-6-19(13-17)23-15(2)29/h3-13H,1-2H3,(H,23,29)(H,24,26). The van der Waals surface area contributed by atoms with Crippen LogP contribution in [0.2, 0.25) is 0 Å². The van der Waals surface area contributed by atoms with E-state index in [0.29, 0.717) is 17.2 Å². The summed E-state index contributed by atoms with van der Waals surface area (Å²) >= 11 is 0. The number of ketones is 1. The molecule has 0 fully saturated rings. The Morgan fingerprint density at radius 1 is 0.897 bits per heavy atom. The van der Waals surface area contributed by atoms with Crippen molar-refractivity contribution in [3.63, 3.8) is 0 Å². The third-order valence-corrected chi connectivity index (χ3v) is 4.39. The molecule has 2 aromatic heterocycles. The van der Waals surface area contributed by atoms with E-state index < -0.39 is 0 Å². The molecule has 29 heavy (non-hydrogen) atoms. The maximum atomic E-state index is 11.4. The molecule has 0 unspecified atom stereocenters. The minimum Gasteiger partial charge on any atom is -0.326 e. The topological polar surface area (TPSA) is 88.4 Å². The Bertz CT molecular complexity index is 1210. The van der Waals surface area contributed by atoms with Crippen LogP contribution in [0.1, 0.15) is 24.2 Å². The van der Waals surface area contributed by atoms with E-state index in [1.807, 2.05) is 54.6 Å². The van der Waals surface area contributed by atoms with Gasteiger partial charge < -0.3 is 10.6 Å². The van der Waals surface area contributed by atoms with E-state index in [1.54, 1.807) is 16.6 Å². The second-order valence-electron chi connectivity index (χ2n) is 6.64. The highest BCUT2D eigenvalue weighted by Gasteiger charge is 2.10. The predicted molar refractivity (Wildman–Crippen MR) is 112 cm³/mol. The molecule has 0 spiro atoms. The SMILES string of the molecule is CC(=O)Nc1cccc(-c2cccc3nc(Nc4ccc(C(C)=O)cc4)nn23)c1. The molecule has 1 amide bonds. The van der Waals surface area contributed by atoms with Crippen LogP contribution in [0.15, 0.2) is 66.7 Å². The lowest BCUT2D eigenvalue weighted by molar-refractivity contribution is -0.114. The lowest BCUT2D eigenvalue weighted by Gasteiger charge is -2.07. The van der Waals surface area contributed by atoms with E-state index in [4.69, 9.17) is 0 Å². The molecule has 2 heterocycles. The molecule has 0 atom stereocenters. The van der Waals surface area contributed by atoms with Gasteiger partial charge in [-0.15, -0.1) is 5.10 Å². The summed E-state index contributed by atoms with van der Waals surface area (Å²) in [6, 6.07) is 20.5. The van der Waals surface area contributed by atoms with E-state index in [0.717, 1.165) is 22.6 Å². The van der Waals surface area contributed by atoms with Crippen molar-refractivity contribution in [1.82, 2.24) is 14.6 Å². The van der Waals surface area contributed by atoms with Gasteiger partial charge in [0.25, 0.3) is 0 Å². The normalized spacial score (nSPS) is 10.7. The highest BCUT2D eigenvalue weighted by Crippen LogP contribution is 2.24. The van der Waals surface area contributed by atoms with E-state index in [1.165, 1.54) is 13.8 Å². The molecule has 0 aliphatic rings. The second kappa shape index (κ2) is 7.55. The average Bonchev–Trinajstić information content (AvgIpc) is 3.10. The fourth-order valence-corrected chi connectivity index (χ4v) is 3.05. The Morgan fingerprint density at radius 3 is 2.38 bits per heavy atom. The molecule has 144 valence electrons. The van der Waals surface area contributed by atoms with Crippen molar-refractivity contribution in [2.45, 2.75) is 13.8 Å². The molecule has 2 N–H and O–H groups in total. The second-order valence-corrected chi connectivity index (χ2v) is 6.64. The maximum Gasteiger partial charge on any atom is 0.247 e. The molecule has 0 radical (unpaired) electrons. The number of aromatic nitrogens is 3. The van der Waals surface area contributed by atoms with Crippen molar-refractivity contribution in [2.24, 2.45) is 0 Å². The maximum absolute atomic E-state index is 11.4. The minimum atomic E-state index is -0.122. The molecule has 4 aromatic rings. The first-order valence-electron chi connectivity index (χ1n) is 9.11. The lowest BCUT2D eigenvalue weighted by atomic mass is 10.1. The zero-order valence-corrected chi connectivity index (χ0v) is 16.0. The fraction of sp³-hybridized carbons (Fsp3) is 0.0909. The van der Waals surface area contributed by atoms with Gasteiger partial charge in [-0.05, 0) is 55.5 Å². The highest BCUT2D eigenvalue weighted by atomic mass is 16.1. The van der Waals surface area contributed by atoms with Gasteiger partial charge in [-0.2, -0.15) is 4.98 Å². The molecule has 0 aliphatic heterocycles. The number of fused-ring (bicyclic) bond motifs is 1. The van der Waals surface area contributed by atoms with Crippen LogP contribution in [0.3, 0.4) is 0 Å². The summed E-state index contributed by atoms with van der Waals surface area (Å²) < 4.78 is 1.75. The van der Waals surface area contributed by atoms with Crippen molar-refractivity contribution in [2.75, 3.05) is 10.6 Å². The summed E-state index contributed by atoms with van der Waals surface area (Å²) in [5, 5.41) is 10.5. The number of hydrogen-bond donors (Lipinski definition) is 2. The molecule has 0 saturated heterocycles. The van der Waals surface area contributed by atoms with Gasteiger partial charge in [-0.25, -0.2) is 4.52 Å². The Labute approximate surface area is 167 Å². The molecule has 7 nitrogen and oxygen atoms in total. The van der Waals surface area contributed by atoms with Gasteiger partial charge in [0, 0.05) is 29.4 Å². The average molecular weight is 385 g/mol. The van der Waals surface area contributed by atoms with Crippen LogP contribution in [-0.2, 0) is 4.79 Å². The summed E-state index contributed by atoms with van der Waals surface area (Å²) in [4.78, 5) is 27.3. The van der Waals surface area contributed by atoms with Crippen molar-refractivity contribution in [3.8, 4) is 11.3 Å². The number of carbonyl (C=O) groups excluding carboxylic acids is 2. The molecule has 2 aromatic carbocycles. The summed E-state index contributed by atoms with van der Waals surface area (Å²) in [5.41, 5.74) is 4.61. The Balaban J connectivity index is 1.67. The van der Waals surface area contributed by atoms with Crippen LogP contribution in [0.5, 0.6) is 0 Å². The fourth-order valence-electron chi connectivity index (χ4n) is 3.05. The minimum absolute atomic E-state index is 0.0218. The van der Waals surface area contributed by atoms with E-state index in [2.05, 4.69) is 20.7 Å². The van der Waals surface area contributed by atoms with Gasteiger partial charge >= 0.3 is 0 Å². The van der Waals surface area contributed by atoms with E-state index in [-0.39, 0.29) is 11.7 Å². The number of rotatable bonds is 5. The van der Waals surface area contributed by atoms with Crippen LogP contribution in [-0.4, -0.2) is 26.3 Å². The zero-order chi connectivity index (χ0) is 20.4. The third kappa shape index (κ3) is 3.98. The largest absolute Gasteiger partial charge is 0.326 e. The number of carbonyl (C=O) groups is 2. The number of hydrogen-bond acceptors (Lipinski definition) is 5. The van der Waals surface area contributed by atoms with Gasteiger partial charge in [0.1, 0.15) is 0 Å². The van der Waals surface area contributed by atoms with Gasteiger partial charge in [-0.3, -0.25) is 9.59 Å². The number of nitrogens with one attached hydrogen (secondary N) is 2. The third-order valence-electron chi connectivity index (χ3n) is 4.39. The number of pyridine rings is 1. The summed E-state index contributed by atoms with van der Waals surface area (Å²) in [5.74, 6) is 0.350. The van der Waals surface area contributed by atoms with Crippen LogP contribution in [0.4, 0.5) is 17.3 Å². The first-order valence-corrected chi connectivity index (χ1v) is 9.11. The zero-order valence-electron chi connectivity index (χ0n) is 16.0. The number of Topliss-reactive ketones (excluding diaryl/α,β-unsaturated/α-hetero) is 1. The Hall–Kier alpha value is -4.00.